The Kier molecular flexibility index (Phi) is 3.31. The summed E-state index contributed by atoms with van der Waals surface area (Å²) >= 11 is 0.965. The molecule has 0 unspecified atom stereocenters. The van der Waals surface area contributed by atoms with Crippen molar-refractivity contribution >= 4 is 11.3 Å². The molecular formula is C10H7F4N3S. The predicted octanol–water partition coefficient (Wildman–Crippen LogP) is 2.82. The van der Waals surface area contributed by atoms with Crippen LogP contribution in [-0.2, 0) is 12.7 Å². The van der Waals surface area contributed by atoms with E-state index in [1.165, 1.54) is 0 Å². The Balaban J connectivity index is 2.49. The van der Waals surface area contributed by atoms with Crippen LogP contribution in [0.1, 0.15) is 10.6 Å². The molecule has 0 aliphatic rings. The molecule has 0 spiro atoms. The van der Waals surface area contributed by atoms with E-state index in [0.29, 0.717) is 11.1 Å². The smallest absolute Gasteiger partial charge is 0.324 e. The maximum atomic E-state index is 13.5. The molecular weight excluding hydrogens is 270 g/mol. The highest BCUT2D eigenvalue weighted by atomic mass is 32.1. The van der Waals surface area contributed by atoms with Crippen LogP contribution >= 0.6 is 11.3 Å². The number of hydrogen-bond acceptors (Lipinski definition) is 4. The number of nitrogens with zero attached hydrogens (tertiary/aromatic N) is 2. The van der Waals surface area contributed by atoms with Crippen LogP contribution in [0.3, 0.4) is 0 Å². The molecule has 0 bridgehead atoms. The summed E-state index contributed by atoms with van der Waals surface area (Å²) in [6.45, 7) is 0.109. The van der Waals surface area contributed by atoms with E-state index in [4.69, 9.17) is 5.73 Å². The standard InChI is InChI=1S/C10H7F4N3S/c11-7-2-1-5(10(12,13)14)3-6(7)9-17-16-8(4-15)18-9/h1-3H,4,15H2. The van der Waals surface area contributed by atoms with Crippen LogP contribution in [0.5, 0.6) is 0 Å². The highest BCUT2D eigenvalue weighted by Crippen LogP contribution is 2.34. The Hall–Kier alpha value is -1.54. The van der Waals surface area contributed by atoms with Crippen LogP contribution in [0.2, 0.25) is 0 Å². The Morgan fingerprint density at radius 1 is 1.22 bits per heavy atom. The fourth-order valence-corrected chi connectivity index (χ4v) is 2.05. The van der Waals surface area contributed by atoms with Gasteiger partial charge in [-0.05, 0) is 18.2 Å². The number of halogens is 4. The minimum absolute atomic E-state index is 0.0825. The van der Waals surface area contributed by atoms with Gasteiger partial charge in [0.05, 0.1) is 5.56 Å². The molecule has 1 aromatic carbocycles. The first-order valence-corrected chi connectivity index (χ1v) is 5.63. The van der Waals surface area contributed by atoms with Gasteiger partial charge < -0.3 is 5.73 Å². The van der Waals surface area contributed by atoms with Gasteiger partial charge in [-0.1, -0.05) is 11.3 Å². The molecule has 3 nitrogen and oxygen atoms in total. The van der Waals surface area contributed by atoms with Crippen LogP contribution in [0.4, 0.5) is 17.6 Å². The SMILES string of the molecule is NCc1nnc(-c2cc(C(F)(F)F)ccc2F)s1. The molecule has 2 aromatic rings. The van der Waals surface area contributed by atoms with Gasteiger partial charge in [0.2, 0.25) is 0 Å². The van der Waals surface area contributed by atoms with E-state index in [1.807, 2.05) is 0 Å². The molecule has 1 aromatic heterocycles. The quantitative estimate of drug-likeness (QED) is 0.859. The van der Waals surface area contributed by atoms with Gasteiger partial charge in [-0.25, -0.2) is 4.39 Å². The van der Waals surface area contributed by atoms with Crippen LogP contribution in [0, 0.1) is 5.82 Å². The van der Waals surface area contributed by atoms with Crippen LogP contribution in [0.15, 0.2) is 18.2 Å². The van der Waals surface area contributed by atoms with Gasteiger partial charge in [-0.3, -0.25) is 0 Å². The minimum Gasteiger partial charge on any atom is -0.324 e. The van der Waals surface area contributed by atoms with Crippen molar-refractivity contribution < 1.29 is 17.6 Å². The number of benzene rings is 1. The summed E-state index contributed by atoms with van der Waals surface area (Å²) in [5.74, 6) is -0.775. The summed E-state index contributed by atoms with van der Waals surface area (Å²) in [5, 5.41) is 7.78. The zero-order valence-corrected chi connectivity index (χ0v) is 9.65. The molecule has 96 valence electrons. The Labute approximate surface area is 103 Å². The Morgan fingerprint density at radius 3 is 2.50 bits per heavy atom. The Morgan fingerprint density at radius 2 is 1.94 bits per heavy atom. The van der Waals surface area contributed by atoms with Gasteiger partial charge in [0.25, 0.3) is 0 Å². The fraction of sp³-hybridized carbons (Fsp3) is 0.200. The third kappa shape index (κ3) is 2.49. The second kappa shape index (κ2) is 4.62. The summed E-state index contributed by atoms with van der Waals surface area (Å²) in [6.07, 6.45) is -4.52. The van der Waals surface area contributed by atoms with E-state index < -0.39 is 17.6 Å². The van der Waals surface area contributed by atoms with Gasteiger partial charge in [0.15, 0.2) is 5.01 Å². The van der Waals surface area contributed by atoms with E-state index in [0.717, 1.165) is 23.5 Å². The van der Waals surface area contributed by atoms with Crippen molar-refractivity contribution in [3.63, 3.8) is 0 Å². The Bertz CT molecular complexity index is 564. The molecule has 2 N–H and O–H groups in total. The van der Waals surface area contributed by atoms with Crippen LogP contribution in [-0.4, -0.2) is 10.2 Å². The molecule has 0 fully saturated rings. The molecule has 8 heteroatoms. The third-order valence-corrected chi connectivity index (χ3v) is 3.14. The summed E-state index contributed by atoms with van der Waals surface area (Å²) in [7, 11) is 0. The average molecular weight is 277 g/mol. The van der Waals surface area contributed by atoms with Crippen molar-refractivity contribution in [2.75, 3.05) is 0 Å². The van der Waals surface area contributed by atoms with Gasteiger partial charge in [-0.2, -0.15) is 13.2 Å². The third-order valence-electron chi connectivity index (χ3n) is 2.17. The lowest BCUT2D eigenvalue weighted by molar-refractivity contribution is -0.137. The van der Waals surface area contributed by atoms with Crippen molar-refractivity contribution in [1.82, 2.24) is 10.2 Å². The highest BCUT2D eigenvalue weighted by Gasteiger charge is 2.31. The van der Waals surface area contributed by atoms with Crippen molar-refractivity contribution in [2.24, 2.45) is 5.73 Å². The van der Waals surface area contributed by atoms with E-state index >= 15 is 0 Å². The zero-order chi connectivity index (χ0) is 13.3. The molecule has 2 rings (SSSR count). The molecule has 0 atom stereocenters. The lowest BCUT2D eigenvalue weighted by atomic mass is 10.1. The number of nitrogens with two attached hydrogens (primary N) is 1. The first-order chi connectivity index (χ1) is 8.41. The first kappa shape index (κ1) is 12.9. The maximum Gasteiger partial charge on any atom is 0.416 e. The lowest BCUT2D eigenvalue weighted by Gasteiger charge is -2.07. The van der Waals surface area contributed by atoms with Crippen LogP contribution in [0.25, 0.3) is 10.6 Å². The zero-order valence-electron chi connectivity index (χ0n) is 8.83. The van der Waals surface area contributed by atoms with Gasteiger partial charge >= 0.3 is 6.18 Å². The highest BCUT2D eigenvalue weighted by molar-refractivity contribution is 7.14. The fourth-order valence-electron chi connectivity index (χ4n) is 1.31. The van der Waals surface area contributed by atoms with E-state index in [2.05, 4.69) is 10.2 Å². The summed E-state index contributed by atoms with van der Waals surface area (Å²) in [4.78, 5) is 0. The average Bonchev–Trinajstić information content (AvgIpc) is 2.76. The molecule has 1 heterocycles. The number of hydrogen-bond donors (Lipinski definition) is 1. The number of aromatic nitrogens is 2. The molecule has 0 saturated heterocycles. The van der Waals surface area contributed by atoms with Crippen molar-refractivity contribution in [1.29, 1.82) is 0 Å². The van der Waals surface area contributed by atoms with E-state index in [9.17, 15) is 17.6 Å². The van der Waals surface area contributed by atoms with Gasteiger partial charge in [-0.15, -0.1) is 10.2 Å². The largest absolute Gasteiger partial charge is 0.416 e. The number of alkyl halides is 3. The topological polar surface area (TPSA) is 51.8 Å². The lowest BCUT2D eigenvalue weighted by Crippen LogP contribution is -2.05. The molecule has 0 radical (unpaired) electrons. The van der Waals surface area contributed by atoms with E-state index in [-0.39, 0.29) is 17.1 Å². The molecule has 0 amide bonds. The second-order valence-electron chi connectivity index (χ2n) is 3.40. The normalized spacial score (nSPS) is 11.8. The van der Waals surface area contributed by atoms with Crippen molar-refractivity contribution in [2.45, 2.75) is 12.7 Å². The van der Waals surface area contributed by atoms with E-state index in [1.54, 1.807) is 0 Å². The van der Waals surface area contributed by atoms with Crippen molar-refractivity contribution in [3.05, 3.63) is 34.6 Å². The van der Waals surface area contributed by atoms with Crippen molar-refractivity contribution in [3.8, 4) is 10.6 Å². The number of rotatable bonds is 2. The molecule has 18 heavy (non-hydrogen) atoms. The first-order valence-electron chi connectivity index (χ1n) is 4.81. The summed E-state index contributed by atoms with van der Waals surface area (Å²) in [5.41, 5.74) is 4.16. The summed E-state index contributed by atoms with van der Waals surface area (Å²) < 4.78 is 51.0. The molecule has 0 aliphatic carbocycles. The molecule has 0 aliphatic heterocycles. The van der Waals surface area contributed by atoms with Gasteiger partial charge in [0, 0.05) is 12.1 Å². The predicted molar refractivity (Wildman–Crippen MR) is 58.2 cm³/mol. The minimum atomic E-state index is -4.52. The second-order valence-corrected chi connectivity index (χ2v) is 4.46. The molecule has 0 saturated carbocycles. The van der Waals surface area contributed by atoms with Gasteiger partial charge in [0.1, 0.15) is 10.8 Å². The maximum absolute atomic E-state index is 13.5. The summed E-state index contributed by atoms with van der Waals surface area (Å²) in [6, 6.07) is 2.17. The monoisotopic (exact) mass is 277 g/mol. The van der Waals surface area contributed by atoms with Crippen LogP contribution < -0.4 is 5.73 Å².